The van der Waals surface area contributed by atoms with Crippen LogP contribution in [-0.4, -0.2) is 21.9 Å². The first-order valence-electron chi connectivity index (χ1n) is 6.76. The normalized spacial score (nSPS) is 14.7. The molecule has 0 saturated heterocycles. The molecule has 1 amide bonds. The van der Waals surface area contributed by atoms with Crippen LogP contribution >= 0.6 is 12.4 Å². The molecule has 2 unspecified atom stereocenters. The lowest BCUT2D eigenvalue weighted by molar-refractivity contribution is -0.120. The second-order valence-electron chi connectivity index (χ2n) is 5.43. The van der Waals surface area contributed by atoms with E-state index in [1.165, 1.54) is 0 Å². The van der Waals surface area contributed by atoms with Gasteiger partial charge in [-0.25, -0.2) is 0 Å². The van der Waals surface area contributed by atoms with E-state index in [-0.39, 0.29) is 18.3 Å². The molecule has 0 radical (unpaired) electrons. The molecule has 0 fully saturated rings. The van der Waals surface area contributed by atoms with Crippen LogP contribution in [0.1, 0.15) is 37.8 Å². The average Bonchev–Trinajstić information content (AvgIpc) is 2.33. The number of hydrogen-bond donors (Lipinski definition) is 2. The molecule has 0 aliphatic carbocycles. The van der Waals surface area contributed by atoms with Gasteiger partial charge in [0.1, 0.15) is 0 Å². The summed E-state index contributed by atoms with van der Waals surface area (Å²) in [7, 11) is -0.905. The first kappa shape index (κ1) is 20.1. The number of nitrogens with two attached hydrogens (primary N) is 1. The van der Waals surface area contributed by atoms with Crippen LogP contribution in [0.25, 0.3) is 0 Å². The molecule has 21 heavy (non-hydrogen) atoms. The molecule has 0 aliphatic heterocycles. The van der Waals surface area contributed by atoms with Gasteiger partial charge < -0.3 is 11.1 Å². The highest BCUT2D eigenvalue weighted by atomic mass is 35.5. The molecule has 1 aromatic carbocycles. The maximum Gasteiger partial charge on any atom is 0.244 e. The van der Waals surface area contributed by atoms with E-state index >= 15 is 0 Å². The van der Waals surface area contributed by atoms with Crippen molar-refractivity contribution >= 4 is 34.8 Å². The van der Waals surface area contributed by atoms with Crippen molar-refractivity contribution < 1.29 is 9.00 Å². The average molecular weight is 333 g/mol. The molecule has 2 atom stereocenters. The Kier molecular flexibility index (Phi) is 8.14. The van der Waals surface area contributed by atoms with Crippen molar-refractivity contribution in [3.63, 3.8) is 0 Å². The quantitative estimate of drug-likeness (QED) is 0.841. The van der Waals surface area contributed by atoms with Gasteiger partial charge in [-0.2, -0.15) is 0 Å². The van der Waals surface area contributed by atoms with Crippen LogP contribution in [-0.2, 0) is 21.3 Å². The minimum absolute atomic E-state index is 0. The summed E-state index contributed by atoms with van der Waals surface area (Å²) in [5.41, 5.74) is 7.83. The number of rotatable bonds is 6. The van der Waals surface area contributed by atoms with E-state index in [0.29, 0.717) is 12.2 Å². The van der Waals surface area contributed by atoms with Crippen LogP contribution in [0.15, 0.2) is 18.2 Å². The lowest BCUT2D eigenvalue weighted by Gasteiger charge is -2.23. The predicted octanol–water partition coefficient (Wildman–Crippen LogP) is 2.75. The zero-order valence-electron chi connectivity index (χ0n) is 13.1. The molecule has 120 valence electrons. The molecule has 0 aliphatic rings. The summed E-state index contributed by atoms with van der Waals surface area (Å²) < 4.78 is 11.3. The number of nitrogens with one attached hydrogen (secondary N) is 1. The van der Waals surface area contributed by atoms with Crippen LogP contribution in [0, 0.1) is 6.92 Å². The third-order valence-corrected chi connectivity index (χ3v) is 4.06. The van der Waals surface area contributed by atoms with Gasteiger partial charge in [0.15, 0.2) is 0 Å². The van der Waals surface area contributed by atoms with E-state index in [4.69, 9.17) is 5.73 Å². The summed E-state index contributed by atoms with van der Waals surface area (Å²) in [5, 5.41) is 2.89. The minimum atomic E-state index is -0.905. The molecule has 0 spiro atoms. The van der Waals surface area contributed by atoms with Gasteiger partial charge in [-0.05, 0) is 37.5 Å². The number of hydrogen-bond acceptors (Lipinski definition) is 3. The van der Waals surface area contributed by atoms with E-state index in [1.54, 1.807) is 13.2 Å². The van der Waals surface area contributed by atoms with E-state index < -0.39 is 16.3 Å². The van der Waals surface area contributed by atoms with Gasteiger partial charge >= 0.3 is 0 Å². The van der Waals surface area contributed by atoms with E-state index in [0.717, 1.165) is 23.2 Å². The highest BCUT2D eigenvalue weighted by molar-refractivity contribution is 7.83. The number of carbonyl (C=O) groups is 1. The van der Waals surface area contributed by atoms with Crippen molar-refractivity contribution in [1.82, 2.24) is 0 Å². The van der Waals surface area contributed by atoms with Crippen molar-refractivity contribution in [1.29, 1.82) is 0 Å². The smallest absolute Gasteiger partial charge is 0.244 e. The fourth-order valence-electron chi connectivity index (χ4n) is 2.09. The SMILES string of the molecule is CCCC(C)(N)C(=O)Nc1cccc(CS(C)=O)c1C.Cl. The van der Waals surface area contributed by atoms with Crippen molar-refractivity contribution in [2.24, 2.45) is 5.73 Å². The van der Waals surface area contributed by atoms with Crippen molar-refractivity contribution in [3.05, 3.63) is 29.3 Å². The summed E-state index contributed by atoms with van der Waals surface area (Å²) in [5.74, 6) is 0.307. The minimum Gasteiger partial charge on any atom is -0.324 e. The van der Waals surface area contributed by atoms with Crippen LogP contribution < -0.4 is 11.1 Å². The number of carbonyl (C=O) groups excluding carboxylic acids is 1. The molecular formula is C15H25ClN2O2S. The Hall–Kier alpha value is -0.910. The van der Waals surface area contributed by atoms with Crippen LogP contribution in [0.4, 0.5) is 5.69 Å². The van der Waals surface area contributed by atoms with Gasteiger partial charge in [-0.15, -0.1) is 12.4 Å². The monoisotopic (exact) mass is 332 g/mol. The van der Waals surface area contributed by atoms with Gasteiger partial charge in [-0.1, -0.05) is 25.5 Å². The number of benzene rings is 1. The standard InChI is InChI=1S/C15H24N2O2S.ClH/c1-5-9-15(3,16)14(18)17-13-8-6-7-12(11(13)2)10-20(4)19;/h6-8H,5,9-10,16H2,1-4H3,(H,17,18);1H. The number of halogens is 1. The van der Waals surface area contributed by atoms with E-state index in [2.05, 4.69) is 5.32 Å². The lowest BCUT2D eigenvalue weighted by atomic mass is 9.96. The molecule has 6 heteroatoms. The van der Waals surface area contributed by atoms with Crippen molar-refractivity contribution in [2.75, 3.05) is 11.6 Å². The molecule has 4 nitrogen and oxygen atoms in total. The maximum absolute atomic E-state index is 12.2. The Morgan fingerprint density at radius 3 is 2.57 bits per heavy atom. The Bertz CT molecular complexity index is 518. The Morgan fingerprint density at radius 1 is 1.43 bits per heavy atom. The summed E-state index contributed by atoms with van der Waals surface area (Å²) >= 11 is 0. The molecule has 0 aromatic heterocycles. The molecule has 3 N–H and O–H groups in total. The highest BCUT2D eigenvalue weighted by Gasteiger charge is 2.27. The fraction of sp³-hybridized carbons (Fsp3) is 0.533. The van der Waals surface area contributed by atoms with Gasteiger partial charge in [0.05, 0.1) is 5.54 Å². The topological polar surface area (TPSA) is 72.2 Å². The molecular weight excluding hydrogens is 308 g/mol. The fourth-order valence-corrected chi connectivity index (χ4v) is 2.84. The molecule has 0 bridgehead atoms. The zero-order valence-corrected chi connectivity index (χ0v) is 14.7. The third-order valence-electron chi connectivity index (χ3n) is 3.34. The van der Waals surface area contributed by atoms with Gasteiger partial charge in [0.2, 0.25) is 5.91 Å². The largest absolute Gasteiger partial charge is 0.324 e. The summed E-state index contributed by atoms with van der Waals surface area (Å²) in [6.45, 7) is 5.67. The van der Waals surface area contributed by atoms with E-state index in [9.17, 15) is 9.00 Å². The maximum atomic E-state index is 12.2. The predicted molar refractivity (Wildman–Crippen MR) is 92.3 cm³/mol. The van der Waals surface area contributed by atoms with Crippen molar-refractivity contribution in [2.45, 2.75) is 44.9 Å². The highest BCUT2D eigenvalue weighted by Crippen LogP contribution is 2.21. The molecule has 0 heterocycles. The molecule has 1 aromatic rings. The number of anilines is 1. The van der Waals surface area contributed by atoms with Crippen molar-refractivity contribution in [3.8, 4) is 0 Å². The van der Waals surface area contributed by atoms with Gasteiger partial charge in [0.25, 0.3) is 0 Å². The van der Waals surface area contributed by atoms with E-state index in [1.807, 2.05) is 32.0 Å². The second kappa shape index (κ2) is 8.51. The third kappa shape index (κ3) is 5.77. The zero-order chi connectivity index (χ0) is 15.3. The first-order valence-corrected chi connectivity index (χ1v) is 8.49. The summed E-state index contributed by atoms with van der Waals surface area (Å²) in [6.07, 6.45) is 3.16. The van der Waals surface area contributed by atoms with Crippen LogP contribution in [0.5, 0.6) is 0 Å². The molecule has 0 saturated carbocycles. The van der Waals surface area contributed by atoms with Crippen LogP contribution in [0.2, 0.25) is 0 Å². The Morgan fingerprint density at radius 2 is 2.05 bits per heavy atom. The van der Waals surface area contributed by atoms with Gasteiger partial charge in [0, 0.05) is 28.5 Å². The first-order chi connectivity index (χ1) is 9.27. The number of amides is 1. The lowest BCUT2D eigenvalue weighted by Crippen LogP contribution is -2.48. The molecule has 1 rings (SSSR count). The Labute approximate surface area is 135 Å². The van der Waals surface area contributed by atoms with Gasteiger partial charge in [-0.3, -0.25) is 9.00 Å². The second-order valence-corrected chi connectivity index (χ2v) is 6.86. The summed E-state index contributed by atoms with van der Waals surface area (Å²) in [6, 6.07) is 5.63. The Balaban J connectivity index is 0.00000400. The van der Waals surface area contributed by atoms with Crippen LogP contribution in [0.3, 0.4) is 0 Å². The summed E-state index contributed by atoms with van der Waals surface area (Å²) in [4.78, 5) is 12.2.